The smallest absolute Gasteiger partial charge is 0.266 e. The second-order valence-corrected chi connectivity index (χ2v) is 9.86. The predicted molar refractivity (Wildman–Crippen MR) is 129 cm³/mol. The lowest BCUT2D eigenvalue weighted by Gasteiger charge is -2.06. The van der Waals surface area contributed by atoms with Crippen molar-refractivity contribution in [1.82, 2.24) is 0 Å². The molecule has 5 heteroatoms. The molecule has 0 atom stereocenters. The zero-order chi connectivity index (χ0) is 21.0. The molecule has 0 aliphatic rings. The van der Waals surface area contributed by atoms with Gasteiger partial charge in [-0.3, -0.25) is 4.18 Å². The zero-order valence-electron chi connectivity index (χ0n) is 19.5. The zero-order valence-corrected chi connectivity index (χ0v) is 21.7. The third-order valence-electron chi connectivity index (χ3n) is 5.52. The van der Waals surface area contributed by atoms with E-state index in [1.807, 2.05) is 0 Å². The molecule has 0 aliphatic carbocycles. The summed E-state index contributed by atoms with van der Waals surface area (Å²) in [4.78, 5) is 0.243. The van der Waals surface area contributed by atoms with Crippen LogP contribution in [0.1, 0.15) is 116 Å². The van der Waals surface area contributed by atoms with Crippen LogP contribution < -0.4 is 0 Å². The number of hydrogen-bond acceptors (Lipinski definition) is 3. The molecule has 1 aromatic carbocycles. The van der Waals surface area contributed by atoms with Gasteiger partial charge in [-0.15, -0.1) is 0 Å². The third kappa shape index (κ3) is 16.6. The van der Waals surface area contributed by atoms with Gasteiger partial charge in [0.15, 0.2) is 0 Å². The molecule has 3 nitrogen and oxygen atoms in total. The van der Waals surface area contributed by atoms with Crippen molar-refractivity contribution < 1.29 is 12.6 Å². The van der Waals surface area contributed by atoms with E-state index in [1.54, 1.807) is 30.3 Å². The Morgan fingerprint density at radius 1 is 0.600 bits per heavy atom. The normalized spacial score (nSPS) is 11.4. The minimum atomic E-state index is -3.58. The molecule has 0 fully saturated rings. The number of unbranched alkanes of at least 4 members (excludes halogenated alkanes) is 16. The molecule has 0 aliphatic heterocycles. The molecule has 0 spiro atoms. The lowest BCUT2D eigenvalue weighted by Crippen LogP contribution is -2.07. The van der Waals surface area contributed by atoms with Crippen LogP contribution in [0.5, 0.6) is 0 Å². The van der Waals surface area contributed by atoms with Crippen LogP contribution in [0.15, 0.2) is 35.2 Å². The molecule has 30 heavy (non-hydrogen) atoms. The van der Waals surface area contributed by atoms with E-state index in [9.17, 15) is 8.42 Å². The molecule has 0 saturated carbocycles. The van der Waals surface area contributed by atoms with Gasteiger partial charge in [-0.25, -0.2) is 0 Å². The van der Waals surface area contributed by atoms with Crippen molar-refractivity contribution >= 4 is 33.2 Å². The maximum atomic E-state index is 12.0. The highest BCUT2D eigenvalue weighted by Gasteiger charge is 2.13. The lowest BCUT2D eigenvalue weighted by atomic mass is 10.0. The van der Waals surface area contributed by atoms with Crippen LogP contribution in [0.2, 0.25) is 0 Å². The summed E-state index contributed by atoms with van der Waals surface area (Å²) >= 11 is 0. The summed E-state index contributed by atoms with van der Waals surface area (Å²) in [6.07, 6.45) is 22.4. The van der Waals surface area contributed by atoms with Crippen LogP contribution in [-0.4, -0.2) is 38.1 Å². The second-order valence-electron chi connectivity index (χ2n) is 8.25. The summed E-state index contributed by atoms with van der Waals surface area (Å²) in [5.41, 5.74) is 0. The second kappa shape index (κ2) is 20.8. The first-order valence-electron chi connectivity index (χ1n) is 12.1. The van der Waals surface area contributed by atoms with Crippen molar-refractivity contribution in [3.63, 3.8) is 0 Å². The van der Waals surface area contributed by atoms with E-state index in [1.165, 1.54) is 96.3 Å². The number of benzene rings is 1. The average molecular weight is 449 g/mol. The van der Waals surface area contributed by atoms with E-state index in [0.29, 0.717) is 0 Å². The Morgan fingerprint density at radius 2 is 0.967 bits per heavy atom. The van der Waals surface area contributed by atoms with Gasteiger partial charge in [-0.1, -0.05) is 128 Å². The molecule has 0 heterocycles. The van der Waals surface area contributed by atoms with Crippen LogP contribution in [0.4, 0.5) is 0 Å². The molecule has 0 N–H and O–H groups in total. The molecular weight excluding hydrogens is 405 g/mol. The van der Waals surface area contributed by atoms with Crippen molar-refractivity contribution in [2.45, 2.75) is 121 Å². The number of hydrogen-bond donors (Lipinski definition) is 0. The molecule has 170 valence electrons. The van der Waals surface area contributed by atoms with E-state index in [4.69, 9.17) is 4.18 Å². The monoisotopic (exact) mass is 448 g/mol. The maximum Gasteiger partial charge on any atom is 0.296 e. The van der Waals surface area contributed by atoms with Crippen LogP contribution in [0, 0.1) is 0 Å². The molecule has 1 aromatic rings. The van der Waals surface area contributed by atoms with E-state index in [0.717, 1.165) is 12.8 Å². The fourth-order valence-electron chi connectivity index (χ4n) is 3.65. The molecule has 0 saturated heterocycles. The van der Waals surface area contributed by atoms with Gasteiger partial charge in [0.25, 0.3) is 10.1 Å². The Morgan fingerprint density at radius 3 is 1.37 bits per heavy atom. The first kappa shape index (κ1) is 29.9. The quantitative estimate of drug-likeness (QED) is 0.117. The standard InChI is InChI=1S/C25H44O3S.Mg/c1-2-3-4-5-6-7-8-9-10-11-12-13-14-15-16-17-21-24-28-29(26,27)25-22-19-18-20-23-25;/h18-20,22-23H,2-17,21,24H2,1H3;. The van der Waals surface area contributed by atoms with Gasteiger partial charge < -0.3 is 0 Å². The fourth-order valence-corrected chi connectivity index (χ4v) is 4.61. The van der Waals surface area contributed by atoms with Crippen molar-refractivity contribution in [1.29, 1.82) is 0 Å². The van der Waals surface area contributed by atoms with Gasteiger partial charge in [0.05, 0.1) is 11.5 Å². The number of rotatable bonds is 20. The highest BCUT2D eigenvalue weighted by atomic mass is 32.2. The van der Waals surface area contributed by atoms with Gasteiger partial charge in [0.2, 0.25) is 0 Å². The van der Waals surface area contributed by atoms with Crippen LogP contribution >= 0.6 is 0 Å². The Kier molecular flexibility index (Phi) is 20.7. The van der Waals surface area contributed by atoms with Crippen LogP contribution in [-0.2, 0) is 14.3 Å². The van der Waals surface area contributed by atoms with Gasteiger partial charge in [-0.2, -0.15) is 8.42 Å². The fraction of sp³-hybridized carbons (Fsp3) is 0.760. The van der Waals surface area contributed by atoms with Crippen molar-refractivity contribution in [3.05, 3.63) is 30.3 Å². The van der Waals surface area contributed by atoms with Gasteiger partial charge in [-0.05, 0) is 18.6 Å². The molecule has 0 amide bonds. The Labute approximate surface area is 203 Å². The van der Waals surface area contributed by atoms with Crippen molar-refractivity contribution in [2.75, 3.05) is 6.61 Å². The van der Waals surface area contributed by atoms with Crippen LogP contribution in [0.3, 0.4) is 0 Å². The molecule has 0 aromatic heterocycles. The summed E-state index contributed by atoms with van der Waals surface area (Å²) in [5, 5.41) is 0. The lowest BCUT2D eigenvalue weighted by molar-refractivity contribution is 0.306. The summed E-state index contributed by atoms with van der Waals surface area (Å²) in [6.45, 7) is 2.56. The van der Waals surface area contributed by atoms with Gasteiger partial charge in [0.1, 0.15) is 0 Å². The SMILES string of the molecule is CCCCCCCCCCCCCCCCCCCOS(=O)(=O)c1ccccc1.[Mg]. The Hall–Kier alpha value is -0.104. The topological polar surface area (TPSA) is 43.4 Å². The minimum Gasteiger partial charge on any atom is -0.266 e. The van der Waals surface area contributed by atoms with E-state index in [2.05, 4.69) is 6.92 Å². The van der Waals surface area contributed by atoms with E-state index >= 15 is 0 Å². The predicted octanol–water partition coefficient (Wildman–Crippen LogP) is 7.66. The van der Waals surface area contributed by atoms with E-state index < -0.39 is 10.1 Å². The minimum absolute atomic E-state index is 0. The van der Waals surface area contributed by atoms with Gasteiger partial charge in [0, 0.05) is 23.1 Å². The summed E-state index contributed by atoms with van der Waals surface area (Å²) in [6, 6.07) is 8.38. The Balaban J connectivity index is 0.00000841. The molecule has 2 radical (unpaired) electrons. The highest BCUT2D eigenvalue weighted by Crippen LogP contribution is 2.15. The van der Waals surface area contributed by atoms with Crippen molar-refractivity contribution in [3.8, 4) is 0 Å². The van der Waals surface area contributed by atoms with E-state index in [-0.39, 0.29) is 34.6 Å². The Bertz CT molecular complexity index is 575. The molecule has 0 unspecified atom stereocenters. The molecule has 1 rings (SSSR count). The molecular formula is C25H44MgO3S. The third-order valence-corrected chi connectivity index (χ3v) is 6.84. The first-order valence-corrected chi connectivity index (χ1v) is 13.5. The maximum absolute atomic E-state index is 12.0. The van der Waals surface area contributed by atoms with Gasteiger partial charge >= 0.3 is 0 Å². The first-order chi connectivity index (χ1) is 14.2. The summed E-state index contributed by atoms with van der Waals surface area (Å²) in [7, 11) is -3.58. The summed E-state index contributed by atoms with van der Waals surface area (Å²) in [5.74, 6) is 0. The summed E-state index contributed by atoms with van der Waals surface area (Å²) < 4.78 is 29.1. The largest absolute Gasteiger partial charge is 0.296 e. The molecule has 0 bridgehead atoms. The highest BCUT2D eigenvalue weighted by molar-refractivity contribution is 7.86. The van der Waals surface area contributed by atoms with Crippen molar-refractivity contribution in [2.24, 2.45) is 0 Å². The average Bonchev–Trinajstić information content (AvgIpc) is 2.73. The van der Waals surface area contributed by atoms with Crippen LogP contribution in [0.25, 0.3) is 0 Å².